The molecule has 0 spiro atoms. The minimum atomic E-state index is 0.564. The van der Waals surface area contributed by atoms with Gasteiger partial charge in [-0.25, -0.2) is 0 Å². The van der Waals surface area contributed by atoms with Gasteiger partial charge < -0.3 is 5.73 Å². The van der Waals surface area contributed by atoms with Gasteiger partial charge in [-0.15, -0.1) is 5.10 Å². The molecular formula is C8H8ClN5. The van der Waals surface area contributed by atoms with E-state index in [0.717, 1.165) is 0 Å². The Morgan fingerprint density at radius 1 is 1.43 bits per heavy atom. The molecule has 0 bridgehead atoms. The van der Waals surface area contributed by atoms with Crippen LogP contribution < -0.4 is 5.73 Å². The number of nitrogens with zero attached hydrogens (tertiary/aromatic N) is 4. The van der Waals surface area contributed by atoms with E-state index in [0.29, 0.717) is 22.2 Å². The molecule has 0 aliphatic carbocycles. The molecule has 72 valence electrons. The van der Waals surface area contributed by atoms with Gasteiger partial charge in [0, 0.05) is 5.69 Å². The van der Waals surface area contributed by atoms with E-state index < -0.39 is 0 Å². The van der Waals surface area contributed by atoms with Crippen LogP contribution in [0.4, 0.5) is 5.69 Å². The Kier molecular flexibility index (Phi) is 2.09. The van der Waals surface area contributed by atoms with Gasteiger partial charge in [0.15, 0.2) is 5.82 Å². The van der Waals surface area contributed by atoms with E-state index in [9.17, 15) is 0 Å². The normalized spacial score (nSPS) is 10.4. The number of aromatic nitrogens is 4. The van der Waals surface area contributed by atoms with E-state index >= 15 is 0 Å². The van der Waals surface area contributed by atoms with E-state index in [1.54, 1.807) is 29.8 Å². The summed E-state index contributed by atoms with van der Waals surface area (Å²) in [5.74, 6) is 0.664. The van der Waals surface area contributed by atoms with Gasteiger partial charge in [-0.05, 0) is 35.5 Å². The molecule has 0 saturated heterocycles. The molecule has 2 N–H and O–H groups in total. The number of hydrogen-bond acceptors (Lipinski definition) is 4. The number of nitrogens with two attached hydrogens (primary N) is 1. The number of halogens is 1. The highest BCUT2D eigenvalue weighted by molar-refractivity contribution is 6.32. The van der Waals surface area contributed by atoms with Crippen molar-refractivity contribution in [3.63, 3.8) is 0 Å². The second-order valence-electron chi connectivity index (χ2n) is 2.85. The summed E-state index contributed by atoms with van der Waals surface area (Å²) in [6, 6.07) is 5.17. The Balaban J connectivity index is 2.62. The summed E-state index contributed by atoms with van der Waals surface area (Å²) in [7, 11) is 0. The van der Waals surface area contributed by atoms with Crippen LogP contribution in [0.2, 0.25) is 5.02 Å². The lowest BCUT2D eigenvalue weighted by molar-refractivity contribution is 0.780. The SMILES string of the molecule is Cc1nnnn1-c1cc(N)ccc1Cl. The second-order valence-corrected chi connectivity index (χ2v) is 3.26. The van der Waals surface area contributed by atoms with Crippen LogP contribution in [-0.2, 0) is 0 Å². The predicted molar refractivity (Wildman–Crippen MR) is 53.3 cm³/mol. The average Bonchev–Trinajstić information content (AvgIpc) is 2.56. The van der Waals surface area contributed by atoms with E-state index in [1.807, 2.05) is 0 Å². The number of aryl methyl sites for hydroxylation is 1. The predicted octanol–water partition coefficient (Wildman–Crippen LogP) is 1.21. The minimum Gasteiger partial charge on any atom is -0.399 e. The molecule has 2 rings (SSSR count). The molecule has 0 saturated carbocycles. The summed E-state index contributed by atoms with van der Waals surface area (Å²) in [4.78, 5) is 0. The van der Waals surface area contributed by atoms with Gasteiger partial charge >= 0.3 is 0 Å². The molecule has 0 unspecified atom stereocenters. The number of rotatable bonds is 1. The Labute approximate surface area is 85.5 Å². The quantitative estimate of drug-likeness (QED) is 0.717. The van der Waals surface area contributed by atoms with Crippen LogP contribution in [0.15, 0.2) is 18.2 Å². The zero-order valence-corrected chi connectivity index (χ0v) is 8.23. The molecular weight excluding hydrogens is 202 g/mol. The lowest BCUT2D eigenvalue weighted by atomic mass is 10.3. The van der Waals surface area contributed by atoms with Crippen LogP contribution in [0, 0.1) is 6.92 Å². The molecule has 0 aliphatic rings. The maximum Gasteiger partial charge on any atom is 0.153 e. The Morgan fingerprint density at radius 3 is 2.86 bits per heavy atom. The van der Waals surface area contributed by atoms with Crippen LogP contribution >= 0.6 is 11.6 Å². The van der Waals surface area contributed by atoms with Gasteiger partial charge in [0.25, 0.3) is 0 Å². The topological polar surface area (TPSA) is 69.6 Å². The van der Waals surface area contributed by atoms with Crippen molar-refractivity contribution in [3.8, 4) is 5.69 Å². The zero-order chi connectivity index (χ0) is 10.1. The Hall–Kier alpha value is -1.62. The lowest BCUT2D eigenvalue weighted by Crippen LogP contribution is -2.01. The van der Waals surface area contributed by atoms with Crippen molar-refractivity contribution in [3.05, 3.63) is 29.0 Å². The van der Waals surface area contributed by atoms with Crippen LogP contribution in [0.3, 0.4) is 0 Å². The molecule has 5 nitrogen and oxygen atoms in total. The summed E-state index contributed by atoms with van der Waals surface area (Å²) in [5.41, 5.74) is 6.96. The van der Waals surface area contributed by atoms with Crippen molar-refractivity contribution in [2.45, 2.75) is 6.92 Å². The van der Waals surface area contributed by atoms with Crippen LogP contribution in [-0.4, -0.2) is 20.2 Å². The van der Waals surface area contributed by atoms with Crippen molar-refractivity contribution in [2.24, 2.45) is 0 Å². The summed E-state index contributed by atoms with van der Waals surface area (Å²) < 4.78 is 1.54. The van der Waals surface area contributed by atoms with E-state index in [4.69, 9.17) is 17.3 Å². The number of benzene rings is 1. The zero-order valence-electron chi connectivity index (χ0n) is 7.48. The Bertz CT molecular complexity index is 465. The summed E-state index contributed by atoms with van der Waals surface area (Å²) in [5, 5.41) is 11.7. The van der Waals surface area contributed by atoms with Crippen molar-refractivity contribution < 1.29 is 0 Å². The van der Waals surface area contributed by atoms with E-state index in [2.05, 4.69) is 15.5 Å². The fourth-order valence-corrected chi connectivity index (χ4v) is 1.34. The molecule has 0 radical (unpaired) electrons. The van der Waals surface area contributed by atoms with Gasteiger partial charge in [0.2, 0.25) is 0 Å². The average molecular weight is 210 g/mol. The van der Waals surface area contributed by atoms with Crippen LogP contribution in [0.5, 0.6) is 0 Å². The standard InChI is InChI=1S/C8H8ClN5/c1-5-11-12-13-14(5)8-4-6(10)2-3-7(8)9/h2-4H,10H2,1H3. The summed E-state index contributed by atoms with van der Waals surface area (Å²) >= 11 is 5.99. The highest BCUT2D eigenvalue weighted by atomic mass is 35.5. The fraction of sp³-hybridized carbons (Fsp3) is 0.125. The fourth-order valence-electron chi connectivity index (χ4n) is 1.15. The molecule has 6 heteroatoms. The van der Waals surface area contributed by atoms with Crippen molar-refractivity contribution in [2.75, 3.05) is 5.73 Å². The summed E-state index contributed by atoms with van der Waals surface area (Å²) in [6.45, 7) is 1.79. The number of tetrazole rings is 1. The molecule has 0 aliphatic heterocycles. The van der Waals surface area contributed by atoms with Crippen molar-refractivity contribution in [1.29, 1.82) is 0 Å². The van der Waals surface area contributed by atoms with Gasteiger partial charge in [0.1, 0.15) is 0 Å². The third-order valence-electron chi connectivity index (χ3n) is 1.82. The first-order valence-electron chi connectivity index (χ1n) is 3.99. The molecule has 0 fully saturated rings. The number of anilines is 1. The van der Waals surface area contributed by atoms with Crippen LogP contribution in [0.25, 0.3) is 5.69 Å². The van der Waals surface area contributed by atoms with Gasteiger partial charge in [0.05, 0.1) is 10.7 Å². The molecule has 0 amide bonds. The van der Waals surface area contributed by atoms with E-state index in [1.165, 1.54) is 0 Å². The highest BCUT2D eigenvalue weighted by Gasteiger charge is 2.07. The molecule has 1 heterocycles. The van der Waals surface area contributed by atoms with Gasteiger partial charge in [-0.2, -0.15) is 4.68 Å². The Morgan fingerprint density at radius 2 is 2.21 bits per heavy atom. The third-order valence-corrected chi connectivity index (χ3v) is 2.14. The third kappa shape index (κ3) is 1.42. The lowest BCUT2D eigenvalue weighted by Gasteiger charge is -2.04. The highest BCUT2D eigenvalue weighted by Crippen LogP contribution is 2.22. The monoisotopic (exact) mass is 209 g/mol. The smallest absolute Gasteiger partial charge is 0.153 e. The first-order chi connectivity index (χ1) is 6.68. The van der Waals surface area contributed by atoms with Crippen LogP contribution in [0.1, 0.15) is 5.82 Å². The van der Waals surface area contributed by atoms with E-state index in [-0.39, 0.29) is 0 Å². The number of hydrogen-bond donors (Lipinski definition) is 1. The molecule has 2 aromatic rings. The minimum absolute atomic E-state index is 0.564. The second kappa shape index (κ2) is 3.26. The molecule has 1 aromatic carbocycles. The van der Waals surface area contributed by atoms with Crippen molar-refractivity contribution in [1.82, 2.24) is 20.2 Å². The van der Waals surface area contributed by atoms with Crippen molar-refractivity contribution >= 4 is 17.3 Å². The van der Waals surface area contributed by atoms with Gasteiger partial charge in [-0.1, -0.05) is 11.6 Å². The number of nitrogen functional groups attached to an aromatic ring is 1. The molecule has 1 aromatic heterocycles. The summed E-state index contributed by atoms with van der Waals surface area (Å²) in [6.07, 6.45) is 0. The maximum atomic E-state index is 5.99. The molecule has 14 heavy (non-hydrogen) atoms. The molecule has 0 atom stereocenters. The van der Waals surface area contributed by atoms with Gasteiger partial charge in [-0.3, -0.25) is 0 Å². The first kappa shape index (κ1) is 8.96. The maximum absolute atomic E-state index is 5.99. The first-order valence-corrected chi connectivity index (χ1v) is 4.36. The largest absolute Gasteiger partial charge is 0.399 e.